The fraction of sp³-hybridized carbons (Fsp3) is 0.417. The Hall–Kier alpha value is -1.73. The lowest BCUT2D eigenvalue weighted by atomic mass is 10.1. The first kappa shape index (κ1) is 12.3. The van der Waals surface area contributed by atoms with Crippen molar-refractivity contribution in [2.24, 2.45) is 5.73 Å². The summed E-state index contributed by atoms with van der Waals surface area (Å²) in [6.07, 6.45) is 5.09. The van der Waals surface area contributed by atoms with Gasteiger partial charge in [-0.25, -0.2) is 9.97 Å². The SMILES string of the molecule is Nc1c(C(=O)N2CCCC(N)C2)sc2nccnc12. The molecule has 7 heteroatoms. The minimum atomic E-state index is -0.0579. The summed E-state index contributed by atoms with van der Waals surface area (Å²) in [5.74, 6) is -0.0579. The largest absolute Gasteiger partial charge is 0.396 e. The molecule has 1 fully saturated rings. The zero-order chi connectivity index (χ0) is 13.4. The maximum Gasteiger partial charge on any atom is 0.266 e. The summed E-state index contributed by atoms with van der Waals surface area (Å²) in [6.45, 7) is 1.33. The summed E-state index contributed by atoms with van der Waals surface area (Å²) in [5.41, 5.74) is 13.0. The van der Waals surface area contributed by atoms with Crippen LogP contribution < -0.4 is 11.5 Å². The van der Waals surface area contributed by atoms with Crippen LogP contribution in [0, 0.1) is 0 Å². The molecule has 0 saturated carbocycles. The third-order valence-electron chi connectivity index (χ3n) is 3.30. The van der Waals surface area contributed by atoms with Gasteiger partial charge in [0.2, 0.25) is 0 Å². The maximum atomic E-state index is 12.5. The second kappa shape index (κ2) is 4.75. The van der Waals surface area contributed by atoms with Crippen molar-refractivity contribution in [1.82, 2.24) is 14.9 Å². The van der Waals surface area contributed by atoms with Gasteiger partial charge in [-0.05, 0) is 12.8 Å². The lowest BCUT2D eigenvalue weighted by Crippen LogP contribution is -2.45. The van der Waals surface area contributed by atoms with Gasteiger partial charge in [0.25, 0.3) is 5.91 Å². The number of thiophene rings is 1. The number of carbonyl (C=O) groups is 1. The topological polar surface area (TPSA) is 98.1 Å². The fourth-order valence-electron chi connectivity index (χ4n) is 2.34. The van der Waals surface area contributed by atoms with Gasteiger partial charge < -0.3 is 16.4 Å². The van der Waals surface area contributed by atoms with Crippen LogP contribution >= 0.6 is 11.3 Å². The van der Waals surface area contributed by atoms with Crippen molar-refractivity contribution in [2.75, 3.05) is 18.8 Å². The number of fused-ring (bicyclic) bond motifs is 1. The van der Waals surface area contributed by atoms with E-state index in [0.29, 0.717) is 27.5 Å². The first-order valence-corrected chi connectivity index (χ1v) is 7.02. The molecule has 0 aromatic carbocycles. The van der Waals surface area contributed by atoms with Crippen LogP contribution in [0.25, 0.3) is 10.3 Å². The summed E-state index contributed by atoms with van der Waals surface area (Å²) >= 11 is 1.30. The van der Waals surface area contributed by atoms with Crippen LogP contribution in [0.3, 0.4) is 0 Å². The highest BCUT2D eigenvalue weighted by Gasteiger charge is 2.26. The minimum absolute atomic E-state index is 0.0579. The van der Waals surface area contributed by atoms with E-state index >= 15 is 0 Å². The number of aromatic nitrogens is 2. The molecule has 1 aliphatic rings. The van der Waals surface area contributed by atoms with Crippen LogP contribution in [-0.4, -0.2) is 39.9 Å². The zero-order valence-corrected chi connectivity index (χ0v) is 11.2. The van der Waals surface area contributed by atoms with Crippen molar-refractivity contribution >= 4 is 33.3 Å². The highest BCUT2D eigenvalue weighted by Crippen LogP contribution is 2.31. The van der Waals surface area contributed by atoms with Gasteiger partial charge in [0.15, 0.2) is 0 Å². The fourth-order valence-corrected chi connectivity index (χ4v) is 3.33. The molecule has 1 unspecified atom stereocenters. The Morgan fingerprint density at radius 3 is 2.95 bits per heavy atom. The number of nitrogens with two attached hydrogens (primary N) is 2. The average molecular weight is 277 g/mol. The molecule has 1 saturated heterocycles. The van der Waals surface area contributed by atoms with Crippen molar-refractivity contribution in [1.29, 1.82) is 0 Å². The standard InChI is InChI=1S/C12H15N5OS/c13-7-2-1-5-17(6-7)12(18)10-8(14)9-11(19-10)16-4-3-15-9/h3-4,7H,1-2,5-6,13-14H2. The molecule has 0 radical (unpaired) electrons. The number of likely N-dealkylation sites (tertiary alicyclic amines) is 1. The van der Waals surface area contributed by atoms with E-state index in [1.807, 2.05) is 0 Å². The summed E-state index contributed by atoms with van der Waals surface area (Å²) in [6, 6.07) is 0.0598. The van der Waals surface area contributed by atoms with Gasteiger partial charge in [0.1, 0.15) is 15.2 Å². The van der Waals surface area contributed by atoms with E-state index in [1.165, 1.54) is 11.3 Å². The first-order chi connectivity index (χ1) is 9.16. The summed E-state index contributed by atoms with van der Waals surface area (Å²) in [5, 5.41) is 0. The van der Waals surface area contributed by atoms with Gasteiger partial charge in [0.05, 0.1) is 5.69 Å². The number of rotatable bonds is 1. The van der Waals surface area contributed by atoms with Crippen LogP contribution in [0.2, 0.25) is 0 Å². The van der Waals surface area contributed by atoms with E-state index < -0.39 is 0 Å². The number of nitrogen functional groups attached to an aromatic ring is 1. The number of carbonyl (C=O) groups excluding carboxylic acids is 1. The third kappa shape index (κ3) is 2.15. The van der Waals surface area contributed by atoms with E-state index in [9.17, 15) is 4.79 Å². The number of hydrogen-bond acceptors (Lipinski definition) is 6. The molecular weight excluding hydrogens is 262 g/mol. The Bertz CT molecular complexity index is 626. The van der Waals surface area contributed by atoms with E-state index in [4.69, 9.17) is 11.5 Å². The molecule has 1 aliphatic heterocycles. The average Bonchev–Trinajstić information content (AvgIpc) is 2.76. The molecule has 1 atom stereocenters. The molecule has 6 nitrogen and oxygen atoms in total. The van der Waals surface area contributed by atoms with Gasteiger partial charge in [-0.15, -0.1) is 11.3 Å². The molecule has 2 aromatic heterocycles. The monoisotopic (exact) mass is 277 g/mol. The highest BCUT2D eigenvalue weighted by atomic mass is 32.1. The number of piperidine rings is 1. The van der Waals surface area contributed by atoms with Crippen LogP contribution in [0.5, 0.6) is 0 Å². The lowest BCUT2D eigenvalue weighted by molar-refractivity contribution is 0.0715. The molecule has 3 rings (SSSR count). The third-order valence-corrected chi connectivity index (χ3v) is 4.39. The van der Waals surface area contributed by atoms with Crippen LogP contribution in [0.1, 0.15) is 22.5 Å². The second-order valence-corrected chi connectivity index (χ2v) is 5.71. The van der Waals surface area contributed by atoms with E-state index in [0.717, 1.165) is 19.4 Å². The first-order valence-electron chi connectivity index (χ1n) is 6.20. The number of nitrogens with zero attached hydrogens (tertiary/aromatic N) is 3. The Kier molecular flexibility index (Phi) is 3.08. The number of anilines is 1. The molecule has 4 N–H and O–H groups in total. The predicted molar refractivity (Wildman–Crippen MR) is 74.9 cm³/mol. The van der Waals surface area contributed by atoms with Crippen LogP contribution in [0.15, 0.2) is 12.4 Å². The van der Waals surface area contributed by atoms with Gasteiger partial charge in [-0.2, -0.15) is 0 Å². The van der Waals surface area contributed by atoms with Crippen LogP contribution in [-0.2, 0) is 0 Å². The predicted octanol–water partition coefficient (Wildman–Crippen LogP) is 0.837. The quantitative estimate of drug-likeness (QED) is 0.804. The number of amides is 1. The van der Waals surface area contributed by atoms with Gasteiger partial charge in [-0.3, -0.25) is 4.79 Å². The molecule has 0 spiro atoms. The molecule has 100 valence electrons. The molecule has 0 aliphatic carbocycles. The Balaban J connectivity index is 1.95. The molecule has 2 aromatic rings. The summed E-state index contributed by atoms with van der Waals surface area (Å²) < 4.78 is 0. The van der Waals surface area contributed by atoms with Crippen molar-refractivity contribution < 1.29 is 4.79 Å². The molecule has 19 heavy (non-hydrogen) atoms. The van der Waals surface area contributed by atoms with Crippen molar-refractivity contribution in [3.05, 3.63) is 17.3 Å². The molecule has 1 amide bonds. The van der Waals surface area contributed by atoms with Crippen molar-refractivity contribution in [3.8, 4) is 0 Å². The number of hydrogen-bond donors (Lipinski definition) is 2. The molecule has 3 heterocycles. The Morgan fingerprint density at radius 1 is 1.42 bits per heavy atom. The Morgan fingerprint density at radius 2 is 2.21 bits per heavy atom. The lowest BCUT2D eigenvalue weighted by Gasteiger charge is -2.30. The zero-order valence-electron chi connectivity index (χ0n) is 10.4. The maximum absolute atomic E-state index is 12.5. The summed E-state index contributed by atoms with van der Waals surface area (Å²) in [4.78, 5) is 23.8. The molecular formula is C12H15N5OS. The van der Waals surface area contributed by atoms with Crippen molar-refractivity contribution in [2.45, 2.75) is 18.9 Å². The summed E-state index contributed by atoms with van der Waals surface area (Å²) in [7, 11) is 0. The Labute approximate surface area is 114 Å². The van der Waals surface area contributed by atoms with Gasteiger partial charge >= 0.3 is 0 Å². The van der Waals surface area contributed by atoms with Gasteiger partial charge in [-0.1, -0.05) is 0 Å². The smallest absolute Gasteiger partial charge is 0.266 e. The van der Waals surface area contributed by atoms with Crippen molar-refractivity contribution in [3.63, 3.8) is 0 Å². The minimum Gasteiger partial charge on any atom is -0.396 e. The van der Waals surface area contributed by atoms with E-state index in [-0.39, 0.29) is 11.9 Å². The molecule has 0 bridgehead atoms. The van der Waals surface area contributed by atoms with Gasteiger partial charge in [0, 0.05) is 31.5 Å². The second-order valence-electron chi connectivity index (χ2n) is 4.71. The van der Waals surface area contributed by atoms with E-state index in [2.05, 4.69) is 9.97 Å². The highest BCUT2D eigenvalue weighted by molar-refractivity contribution is 7.21. The van der Waals surface area contributed by atoms with E-state index in [1.54, 1.807) is 17.3 Å². The normalized spacial score (nSPS) is 19.8. The van der Waals surface area contributed by atoms with Crippen LogP contribution in [0.4, 0.5) is 5.69 Å².